The predicted octanol–water partition coefficient (Wildman–Crippen LogP) is 3.80. The van der Waals surface area contributed by atoms with E-state index in [0.29, 0.717) is 0 Å². The second-order valence-corrected chi connectivity index (χ2v) is 6.07. The smallest absolute Gasteiger partial charge is 0.244 e. The van der Waals surface area contributed by atoms with Gasteiger partial charge >= 0.3 is 0 Å². The number of rotatable bonds is 7. The first-order chi connectivity index (χ1) is 12.0. The molecule has 0 fully saturated rings. The molecule has 2 rings (SSSR count). The van der Waals surface area contributed by atoms with E-state index >= 15 is 0 Å². The van der Waals surface area contributed by atoms with Gasteiger partial charge in [-0.15, -0.1) is 0 Å². The molecule has 2 aromatic rings. The Kier molecular flexibility index (Phi) is 6.96. The number of aryl methyl sites for hydroxylation is 1. The van der Waals surface area contributed by atoms with Crippen LogP contribution in [-0.4, -0.2) is 17.9 Å². The van der Waals surface area contributed by atoms with Crippen LogP contribution in [0.1, 0.15) is 31.4 Å². The lowest BCUT2D eigenvalue weighted by Gasteiger charge is -2.12. The van der Waals surface area contributed by atoms with Crippen molar-refractivity contribution in [2.45, 2.75) is 32.7 Å². The predicted molar refractivity (Wildman–Crippen MR) is 102 cm³/mol. The maximum Gasteiger partial charge on any atom is 0.244 e. The van der Waals surface area contributed by atoms with Crippen LogP contribution in [0.25, 0.3) is 6.08 Å². The summed E-state index contributed by atoms with van der Waals surface area (Å²) in [6, 6.07) is 17.7. The number of hydrogen-bond acceptors (Lipinski definition) is 2. The molecular formula is C21H24N2O2. The molecule has 2 amide bonds. The van der Waals surface area contributed by atoms with Crippen molar-refractivity contribution in [3.05, 3.63) is 71.8 Å². The minimum absolute atomic E-state index is 0.104. The molecule has 0 saturated carbocycles. The van der Waals surface area contributed by atoms with Crippen LogP contribution in [0.3, 0.4) is 0 Å². The van der Waals surface area contributed by atoms with E-state index < -0.39 is 0 Å². The molecule has 130 valence electrons. The van der Waals surface area contributed by atoms with E-state index in [9.17, 15) is 9.59 Å². The van der Waals surface area contributed by atoms with Crippen molar-refractivity contribution in [3.63, 3.8) is 0 Å². The van der Waals surface area contributed by atoms with Crippen LogP contribution >= 0.6 is 0 Å². The van der Waals surface area contributed by atoms with Crippen LogP contribution in [0.2, 0.25) is 0 Å². The Labute approximate surface area is 149 Å². The van der Waals surface area contributed by atoms with E-state index in [1.807, 2.05) is 49.4 Å². The molecule has 0 spiro atoms. The van der Waals surface area contributed by atoms with E-state index in [-0.39, 0.29) is 17.9 Å². The summed E-state index contributed by atoms with van der Waals surface area (Å²) in [6.07, 6.45) is 5.13. The standard InChI is InChI=1S/C21H24N2O2/c1-16(8-9-18-6-4-3-5-7-18)22-21(25)15-12-19-10-13-20(14-11-19)23-17(2)24/h3-7,10-16H,8-9H2,1-2H3,(H,22,25)(H,23,24)/b15-12+. The van der Waals surface area contributed by atoms with Gasteiger partial charge in [-0.05, 0) is 49.1 Å². The molecule has 4 nitrogen and oxygen atoms in total. The van der Waals surface area contributed by atoms with Gasteiger partial charge in [0.25, 0.3) is 0 Å². The molecule has 0 aliphatic rings. The van der Waals surface area contributed by atoms with Crippen molar-refractivity contribution in [3.8, 4) is 0 Å². The maximum absolute atomic E-state index is 12.0. The average molecular weight is 336 g/mol. The zero-order valence-electron chi connectivity index (χ0n) is 14.7. The lowest BCUT2D eigenvalue weighted by atomic mass is 10.1. The first-order valence-corrected chi connectivity index (χ1v) is 8.43. The molecule has 0 aliphatic carbocycles. The number of carbonyl (C=O) groups is 2. The maximum atomic E-state index is 12.0. The normalized spacial score (nSPS) is 11.9. The number of carbonyl (C=O) groups excluding carboxylic acids is 2. The van der Waals surface area contributed by atoms with Gasteiger partial charge in [-0.25, -0.2) is 0 Å². The Morgan fingerprint density at radius 2 is 1.72 bits per heavy atom. The first-order valence-electron chi connectivity index (χ1n) is 8.43. The minimum atomic E-state index is -0.105. The fourth-order valence-corrected chi connectivity index (χ4v) is 2.44. The summed E-state index contributed by atoms with van der Waals surface area (Å²) < 4.78 is 0. The van der Waals surface area contributed by atoms with E-state index in [1.54, 1.807) is 6.08 Å². The highest BCUT2D eigenvalue weighted by Crippen LogP contribution is 2.11. The molecule has 0 aromatic heterocycles. The quantitative estimate of drug-likeness (QED) is 0.756. The van der Waals surface area contributed by atoms with Crippen LogP contribution < -0.4 is 10.6 Å². The highest BCUT2D eigenvalue weighted by molar-refractivity contribution is 5.92. The Morgan fingerprint density at radius 1 is 1.04 bits per heavy atom. The monoisotopic (exact) mass is 336 g/mol. The molecule has 4 heteroatoms. The van der Waals surface area contributed by atoms with Crippen LogP contribution in [-0.2, 0) is 16.0 Å². The molecule has 0 heterocycles. The fourth-order valence-electron chi connectivity index (χ4n) is 2.44. The molecule has 0 bridgehead atoms. The van der Waals surface area contributed by atoms with E-state index in [2.05, 4.69) is 22.8 Å². The number of benzene rings is 2. The topological polar surface area (TPSA) is 58.2 Å². The van der Waals surface area contributed by atoms with Crippen LogP contribution in [0, 0.1) is 0 Å². The van der Waals surface area contributed by atoms with Crippen molar-refractivity contribution in [2.24, 2.45) is 0 Å². The Bertz CT molecular complexity index is 721. The molecule has 0 radical (unpaired) electrons. The number of hydrogen-bond donors (Lipinski definition) is 2. The Balaban J connectivity index is 1.78. The highest BCUT2D eigenvalue weighted by atomic mass is 16.2. The highest BCUT2D eigenvalue weighted by Gasteiger charge is 2.05. The van der Waals surface area contributed by atoms with Gasteiger partial charge in [0.2, 0.25) is 11.8 Å². The fraction of sp³-hybridized carbons (Fsp3) is 0.238. The third kappa shape index (κ3) is 7.04. The molecule has 0 aliphatic heterocycles. The Morgan fingerprint density at radius 3 is 2.36 bits per heavy atom. The van der Waals surface area contributed by atoms with Gasteiger partial charge in [0.05, 0.1) is 0 Å². The van der Waals surface area contributed by atoms with Crippen molar-refractivity contribution >= 4 is 23.6 Å². The van der Waals surface area contributed by atoms with Gasteiger partial charge in [0.15, 0.2) is 0 Å². The molecule has 0 saturated heterocycles. The van der Waals surface area contributed by atoms with Crippen molar-refractivity contribution < 1.29 is 9.59 Å². The van der Waals surface area contributed by atoms with Crippen LogP contribution in [0.4, 0.5) is 5.69 Å². The third-order valence-electron chi connectivity index (χ3n) is 3.76. The molecule has 1 unspecified atom stereocenters. The molecule has 2 aromatic carbocycles. The number of amides is 2. The van der Waals surface area contributed by atoms with E-state index in [1.165, 1.54) is 18.6 Å². The summed E-state index contributed by atoms with van der Waals surface area (Å²) in [5.41, 5.74) is 2.92. The summed E-state index contributed by atoms with van der Waals surface area (Å²) in [6.45, 7) is 3.48. The lowest BCUT2D eigenvalue weighted by Crippen LogP contribution is -2.31. The average Bonchev–Trinajstić information content (AvgIpc) is 2.60. The second-order valence-electron chi connectivity index (χ2n) is 6.07. The first kappa shape index (κ1) is 18.5. The van der Waals surface area contributed by atoms with Crippen molar-refractivity contribution in [1.82, 2.24) is 5.32 Å². The summed E-state index contributed by atoms with van der Waals surface area (Å²) in [5.74, 6) is -0.210. The zero-order chi connectivity index (χ0) is 18.1. The van der Waals surface area contributed by atoms with Gasteiger partial charge in [0, 0.05) is 24.7 Å². The summed E-state index contributed by atoms with van der Waals surface area (Å²) in [4.78, 5) is 23.0. The van der Waals surface area contributed by atoms with E-state index in [4.69, 9.17) is 0 Å². The SMILES string of the molecule is CC(=O)Nc1ccc(/C=C/C(=O)NC(C)CCc2ccccc2)cc1. The molecule has 25 heavy (non-hydrogen) atoms. The van der Waals surface area contributed by atoms with Gasteiger partial charge in [0.1, 0.15) is 0 Å². The summed E-state index contributed by atoms with van der Waals surface area (Å²) >= 11 is 0. The summed E-state index contributed by atoms with van der Waals surface area (Å²) in [7, 11) is 0. The summed E-state index contributed by atoms with van der Waals surface area (Å²) in [5, 5.41) is 5.68. The van der Waals surface area contributed by atoms with Crippen molar-refractivity contribution in [2.75, 3.05) is 5.32 Å². The van der Waals surface area contributed by atoms with Gasteiger partial charge in [-0.2, -0.15) is 0 Å². The largest absolute Gasteiger partial charge is 0.350 e. The number of nitrogens with one attached hydrogen (secondary N) is 2. The van der Waals surface area contributed by atoms with Crippen LogP contribution in [0.15, 0.2) is 60.7 Å². The minimum Gasteiger partial charge on any atom is -0.350 e. The Hall–Kier alpha value is -2.88. The number of anilines is 1. The van der Waals surface area contributed by atoms with E-state index in [0.717, 1.165) is 24.1 Å². The van der Waals surface area contributed by atoms with Crippen LogP contribution in [0.5, 0.6) is 0 Å². The molecular weight excluding hydrogens is 312 g/mol. The molecule has 2 N–H and O–H groups in total. The molecule has 1 atom stereocenters. The van der Waals surface area contributed by atoms with Gasteiger partial charge in [-0.1, -0.05) is 42.5 Å². The van der Waals surface area contributed by atoms with Crippen molar-refractivity contribution in [1.29, 1.82) is 0 Å². The lowest BCUT2D eigenvalue weighted by molar-refractivity contribution is -0.117. The van der Waals surface area contributed by atoms with Gasteiger partial charge in [-0.3, -0.25) is 9.59 Å². The zero-order valence-corrected chi connectivity index (χ0v) is 14.7. The van der Waals surface area contributed by atoms with Gasteiger partial charge < -0.3 is 10.6 Å². The second kappa shape index (κ2) is 9.42. The third-order valence-corrected chi connectivity index (χ3v) is 3.76.